The Bertz CT molecular complexity index is 398. The number of carbonyl (C=O) groups is 1. The van der Waals surface area contributed by atoms with Crippen LogP contribution in [0.3, 0.4) is 0 Å². The molecule has 1 unspecified atom stereocenters. The maximum Gasteiger partial charge on any atom is 0.224 e. The van der Waals surface area contributed by atoms with Gasteiger partial charge in [-0.15, -0.1) is 11.3 Å². The van der Waals surface area contributed by atoms with E-state index in [0.717, 1.165) is 23.4 Å². The van der Waals surface area contributed by atoms with E-state index in [0.29, 0.717) is 6.42 Å². The van der Waals surface area contributed by atoms with Gasteiger partial charge in [-0.05, 0) is 25.3 Å². The van der Waals surface area contributed by atoms with Crippen LogP contribution in [0.4, 0.5) is 5.69 Å². The van der Waals surface area contributed by atoms with Crippen molar-refractivity contribution < 1.29 is 4.79 Å². The summed E-state index contributed by atoms with van der Waals surface area (Å²) in [5.74, 6) is 0.0905. The van der Waals surface area contributed by atoms with Crippen molar-refractivity contribution in [2.75, 3.05) is 5.32 Å². The summed E-state index contributed by atoms with van der Waals surface area (Å²) in [7, 11) is 0. The van der Waals surface area contributed by atoms with Crippen LogP contribution < -0.4 is 11.1 Å². The summed E-state index contributed by atoms with van der Waals surface area (Å²) in [4.78, 5) is 14.0. The van der Waals surface area contributed by atoms with Crippen LogP contribution in [0.25, 0.3) is 0 Å². The van der Waals surface area contributed by atoms with Crippen molar-refractivity contribution in [2.24, 2.45) is 5.73 Å². The van der Waals surface area contributed by atoms with Crippen LogP contribution in [0.15, 0.2) is 0 Å². The summed E-state index contributed by atoms with van der Waals surface area (Å²) < 4.78 is 0. The molecular weight excluding hydrogens is 208 g/mol. The van der Waals surface area contributed by atoms with Crippen LogP contribution in [0, 0.1) is 6.92 Å². The monoisotopic (exact) mass is 224 g/mol. The maximum atomic E-state index is 11.5. The van der Waals surface area contributed by atoms with E-state index >= 15 is 0 Å². The van der Waals surface area contributed by atoms with Crippen molar-refractivity contribution in [3.05, 3.63) is 15.3 Å². The first kappa shape index (κ1) is 10.6. The zero-order valence-electron chi connectivity index (χ0n) is 9.09. The van der Waals surface area contributed by atoms with Crippen molar-refractivity contribution in [3.63, 3.8) is 0 Å². The van der Waals surface area contributed by atoms with Gasteiger partial charge in [0, 0.05) is 22.2 Å². The van der Waals surface area contributed by atoms with Gasteiger partial charge >= 0.3 is 0 Å². The van der Waals surface area contributed by atoms with Gasteiger partial charge in [-0.1, -0.05) is 6.92 Å². The van der Waals surface area contributed by atoms with E-state index in [1.165, 1.54) is 10.4 Å². The van der Waals surface area contributed by atoms with Gasteiger partial charge in [0.05, 0.1) is 5.69 Å². The zero-order chi connectivity index (χ0) is 11.0. The number of nitrogens with one attached hydrogen (secondary N) is 1. The van der Waals surface area contributed by atoms with Crippen LogP contribution in [0.2, 0.25) is 0 Å². The van der Waals surface area contributed by atoms with Crippen molar-refractivity contribution in [1.29, 1.82) is 0 Å². The molecule has 0 spiro atoms. The first-order valence-electron chi connectivity index (χ1n) is 5.31. The molecule has 1 aliphatic heterocycles. The van der Waals surface area contributed by atoms with Gasteiger partial charge in [0.1, 0.15) is 0 Å². The largest absolute Gasteiger partial charge is 0.325 e. The number of amides is 1. The molecule has 0 saturated carbocycles. The highest BCUT2D eigenvalue weighted by molar-refractivity contribution is 7.12. The lowest BCUT2D eigenvalue weighted by molar-refractivity contribution is -0.116. The summed E-state index contributed by atoms with van der Waals surface area (Å²) >= 11 is 1.75. The summed E-state index contributed by atoms with van der Waals surface area (Å²) in [5.41, 5.74) is 8.24. The Balaban J connectivity index is 2.49. The minimum Gasteiger partial charge on any atom is -0.325 e. The predicted octanol–water partition coefficient (Wildman–Crippen LogP) is 2.35. The Kier molecular flexibility index (Phi) is 2.80. The van der Waals surface area contributed by atoms with Gasteiger partial charge in [0.2, 0.25) is 5.91 Å². The fourth-order valence-electron chi connectivity index (χ4n) is 1.96. The molecule has 0 saturated heterocycles. The number of hydrogen-bond donors (Lipinski definition) is 2. The van der Waals surface area contributed by atoms with Crippen LogP contribution in [0.5, 0.6) is 0 Å². The highest BCUT2D eigenvalue weighted by atomic mass is 32.1. The molecule has 1 aliphatic rings. The van der Waals surface area contributed by atoms with E-state index in [-0.39, 0.29) is 11.9 Å². The summed E-state index contributed by atoms with van der Waals surface area (Å²) in [6.45, 7) is 4.19. The van der Waals surface area contributed by atoms with E-state index in [4.69, 9.17) is 5.73 Å². The molecule has 0 bridgehead atoms. The minimum absolute atomic E-state index is 0.0166. The third kappa shape index (κ3) is 1.79. The van der Waals surface area contributed by atoms with Gasteiger partial charge in [-0.2, -0.15) is 0 Å². The number of thiophene rings is 1. The minimum atomic E-state index is 0.0166. The van der Waals surface area contributed by atoms with Gasteiger partial charge in [0.25, 0.3) is 0 Å². The molecule has 1 atom stereocenters. The van der Waals surface area contributed by atoms with Gasteiger partial charge in [0.15, 0.2) is 0 Å². The van der Waals surface area contributed by atoms with Crippen LogP contribution >= 0.6 is 11.3 Å². The first-order valence-corrected chi connectivity index (χ1v) is 6.12. The molecular formula is C11H16N2OS. The van der Waals surface area contributed by atoms with E-state index < -0.39 is 0 Å². The topological polar surface area (TPSA) is 55.1 Å². The zero-order valence-corrected chi connectivity index (χ0v) is 9.91. The lowest BCUT2D eigenvalue weighted by atomic mass is 10.1. The lowest BCUT2D eigenvalue weighted by Gasteiger charge is -2.06. The smallest absolute Gasteiger partial charge is 0.224 e. The second-order valence-corrected chi connectivity index (χ2v) is 5.07. The van der Waals surface area contributed by atoms with Gasteiger partial charge in [-0.25, -0.2) is 0 Å². The molecule has 4 heteroatoms. The molecule has 0 aromatic carbocycles. The third-order valence-electron chi connectivity index (χ3n) is 2.88. The van der Waals surface area contributed by atoms with Crippen LogP contribution in [-0.2, 0) is 11.2 Å². The average Bonchev–Trinajstić information content (AvgIpc) is 2.45. The first-order chi connectivity index (χ1) is 7.13. The molecule has 82 valence electrons. The molecule has 2 rings (SSSR count). The van der Waals surface area contributed by atoms with Crippen LogP contribution in [-0.4, -0.2) is 5.91 Å². The van der Waals surface area contributed by atoms with Crippen molar-refractivity contribution >= 4 is 22.9 Å². The van der Waals surface area contributed by atoms with Crippen molar-refractivity contribution in [1.82, 2.24) is 0 Å². The van der Waals surface area contributed by atoms with Gasteiger partial charge < -0.3 is 11.1 Å². The number of anilines is 1. The SMILES string of the molecule is CCc1sc2c(c1C)NC(=O)CCC2N. The molecule has 1 amide bonds. The van der Waals surface area contributed by atoms with Crippen molar-refractivity contribution in [3.8, 4) is 0 Å². The molecule has 0 fully saturated rings. The fourth-order valence-corrected chi connectivity index (χ4v) is 3.20. The Morgan fingerprint density at radius 1 is 1.60 bits per heavy atom. The normalized spacial score (nSPS) is 20.7. The number of fused-ring (bicyclic) bond motifs is 1. The standard InChI is InChI=1S/C11H16N2OS/c1-3-8-6(2)10-11(15-8)7(12)4-5-9(14)13-10/h7H,3-5,12H2,1-2H3,(H,13,14). The molecule has 2 heterocycles. The van der Waals surface area contributed by atoms with Crippen molar-refractivity contribution in [2.45, 2.75) is 39.2 Å². The van der Waals surface area contributed by atoms with E-state index in [1.807, 2.05) is 0 Å². The average molecular weight is 224 g/mol. The van der Waals surface area contributed by atoms with E-state index in [1.54, 1.807) is 11.3 Å². The highest BCUT2D eigenvalue weighted by Gasteiger charge is 2.24. The molecule has 0 aliphatic carbocycles. The summed E-state index contributed by atoms with van der Waals surface area (Å²) in [6, 6.07) is 0.0166. The van der Waals surface area contributed by atoms with E-state index in [9.17, 15) is 4.79 Å². The number of carbonyl (C=O) groups excluding carboxylic acids is 1. The third-order valence-corrected chi connectivity index (χ3v) is 4.45. The fraction of sp³-hybridized carbons (Fsp3) is 0.545. The Hall–Kier alpha value is -0.870. The highest BCUT2D eigenvalue weighted by Crippen LogP contribution is 2.39. The molecule has 3 N–H and O–H groups in total. The van der Waals surface area contributed by atoms with Gasteiger partial charge in [-0.3, -0.25) is 4.79 Å². The van der Waals surface area contributed by atoms with Crippen LogP contribution in [0.1, 0.15) is 41.1 Å². The Morgan fingerprint density at radius 2 is 2.33 bits per heavy atom. The van der Waals surface area contributed by atoms with E-state index in [2.05, 4.69) is 19.2 Å². The molecule has 15 heavy (non-hydrogen) atoms. The number of nitrogens with two attached hydrogens (primary N) is 1. The number of aryl methyl sites for hydroxylation is 1. The molecule has 1 aromatic rings. The second-order valence-electron chi connectivity index (χ2n) is 3.94. The Labute approximate surface area is 93.7 Å². The Morgan fingerprint density at radius 3 is 3.00 bits per heavy atom. The summed E-state index contributed by atoms with van der Waals surface area (Å²) in [5, 5.41) is 2.97. The molecule has 3 nitrogen and oxygen atoms in total. The quantitative estimate of drug-likeness (QED) is 0.769. The molecule has 0 radical (unpaired) electrons. The summed E-state index contributed by atoms with van der Waals surface area (Å²) in [6.07, 6.45) is 2.29. The second kappa shape index (κ2) is 3.94. The molecule has 1 aromatic heterocycles. The maximum absolute atomic E-state index is 11.5. The number of hydrogen-bond acceptors (Lipinski definition) is 3. The predicted molar refractivity (Wildman–Crippen MR) is 63.2 cm³/mol. The number of rotatable bonds is 1. The lowest BCUT2D eigenvalue weighted by Crippen LogP contribution is -2.10.